The second kappa shape index (κ2) is 12.9. The Balaban J connectivity index is 4.56. The SMILES string of the molecule is CCCCCCC(CCCCC)[C@@H](SSC(C)(C)C)C(F)F. The molecular weight excluding hydrogens is 318 g/mol. The van der Waals surface area contributed by atoms with Crippen LogP contribution in [0.5, 0.6) is 0 Å². The first-order chi connectivity index (χ1) is 10.3. The summed E-state index contributed by atoms with van der Waals surface area (Å²) in [6.07, 6.45) is 7.87. The summed E-state index contributed by atoms with van der Waals surface area (Å²) in [6, 6.07) is 0. The summed E-state index contributed by atoms with van der Waals surface area (Å²) < 4.78 is 27.2. The van der Waals surface area contributed by atoms with Crippen LogP contribution in [0, 0.1) is 5.92 Å². The number of unbranched alkanes of at least 4 members (excludes halogenated alkanes) is 5. The van der Waals surface area contributed by atoms with Crippen molar-refractivity contribution in [1.82, 2.24) is 0 Å². The largest absolute Gasteiger partial charge is 0.251 e. The molecule has 0 aromatic carbocycles. The third-order valence-electron chi connectivity index (χ3n) is 3.73. The minimum atomic E-state index is -2.21. The van der Waals surface area contributed by atoms with Crippen LogP contribution < -0.4 is 0 Å². The predicted molar refractivity (Wildman–Crippen MR) is 101 cm³/mol. The van der Waals surface area contributed by atoms with Gasteiger partial charge in [0.15, 0.2) is 0 Å². The fourth-order valence-corrected chi connectivity index (χ4v) is 5.32. The van der Waals surface area contributed by atoms with Crippen molar-refractivity contribution in [3.63, 3.8) is 0 Å². The molecule has 0 aliphatic rings. The molecule has 2 atom stereocenters. The minimum Gasteiger partial charge on any atom is -0.209 e. The van der Waals surface area contributed by atoms with Crippen molar-refractivity contribution in [2.45, 2.75) is 109 Å². The molecular formula is C18H36F2S2. The number of hydrogen-bond acceptors (Lipinski definition) is 2. The molecule has 4 heteroatoms. The summed E-state index contributed by atoms with van der Waals surface area (Å²) in [6.45, 7) is 10.7. The van der Waals surface area contributed by atoms with Crippen molar-refractivity contribution in [3.8, 4) is 0 Å². The Morgan fingerprint density at radius 2 is 1.32 bits per heavy atom. The molecule has 0 aliphatic carbocycles. The van der Waals surface area contributed by atoms with Crippen LogP contribution in [0.15, 0.2) is 0 Å². The van der Waals surface area contributed by atoms with Gasteiger partial charge in [-0.2, -0.15) is 0 Å². The van der Waals surface area contributed by atoms with Crippen molar-refractivity contribution in [1.29, 1.82) is 0 Å². The van der Waals surface area contributed by atoms with Crippen molar-refractivity contribution >= 4 is 21.6 Å². The van der Waals surface area contributed by atoms with E-state index in [1.54, 1.807) is 10.8 Å². The maximum Gasteiger partial charge on any atom is 0.251 e. The van der Waals surface area contributed by atoms with E-state index in [1.807, 2.05) is 0 Å². The van der Waals surface area contributed by atoms with Crippen LogP contribution in [-0.4, -0.2) is 16.4 Å². The molecule has 0 radical (unpaired) electrons. The molecule has 0 N–H and O–H groups in total. The summed E-state index contributed by atoms with van der Waals surface area (Å²) in [7, 11) is 3.05. The van der Waals surface area contributed by atoms with Gasteiger partial charge in [0.2, 0.25) is 0 Å². The summed E-state index contributed by atoms with van der Waals surface area (Å²) in [5.74, 6) is 0.170. The van der Waals surface area contributed by atoms with E-state index in [1.165, 1.54) is 36.5 Å². The highest BCUT2D eigenvalue weighted by atomic mass is 33.1. The lowest BCUT2D eigenvalue weighted by Gasteiger charge is -2.28. The molecule has 0 aliphatic heterocycles. The number of rotatable bonds is 13. The summed E-state index contributed by atoms with van der Waals surface area (Å²) in [5.41, 5.74) is 0. The highest BCUT2D eigenvalue weighted by molar-refractivity contribution is 8.77. The van der Waals surface area contributed by atoms with E-state index in [4.69, 9.17) is 0 Å². The van der Waals surface area contributed by atoms with Gasteiger partial charge in [0.05, 0.1) is 5.25 Å². The second-order valence-electron chi connectivity index (χ2n) is 7.20. The van der Waals surface area contributed by atoms with Gasteiger partial charge in [0, 0.05) is 4.75 Å². The van der Waals surface area contributed by atoms with E-state index in [2.05, 4.69) is 34.6 Å². The zero-order valence-corrected chi connectivity index (χ0v) is 16.8. The minimum absolute atomic E-state index is 0.0357. The van der Waals surface area contributed by atoms with E-state index in [-0.39, 0.29) is 10.7 Å². The van der Waals surface area contributed by atoms with Gasteiger partial charge in [-0.25, -0.2) is 8.78 Å². The van der Waals surface area contributed by atoms with Crippen LogP contribution in [0.1, 0.15) is 92.4 Å². The third-order valence-corrected chi connectivity index (χ3v) is 7.59. The van der Waals surface area contributed by atoms with Crippen LogP contribution in [0.4, 0.5) is 8.78 Å². The maximum atomic E-state index is 13.6. The van der Waals surface area contributed by atoms with Crippen LogP contribution >= 0.6 is 21.6 Å². The topological polar surface area (TPSA) is 0 Å². The molecule has 0 nitrogen and oxygen atoms in total. The molecule has 0 rings (SSSR count). The van der Waals surface area contributed by atoms with E-state index in [0.29, 0.717) is 0 Å². The first-order valence-corrected chi connectivity index (χ1v) is 11.2. The maximum absolute atomic E-state index is 13.6. The van der Waals surface area contributed by atoms with Crippen molar-refractivity contribution in [2.75, 3.05) is 0 Å². The smallest absolute Gasteiger partial charge is 0.209 e. The Hall–Kier alpha value is 0.560. The molecule has 0 bridgehead atoms. The Morgan fingerprint density at radius 1 is 0.818 bits per heavy atom. The van der Waals surface area contributed by atoms with Crippen molar-refractivity contribution < 1.29 is 8.78 Å². The molecule has 22 heavy (non-hydrogen) atoms. The van der Waals surface area contributed by atoms with Crippen LogP contribution in [0.2, 0.25) is 0 Å². The van der Waals surface area contributed by atoms with Gasteiger partial charge in [0.1, 0.15) is 0 Å². The molecule has 0 saturated carbocycles. The molecule has 0 amide bonds. The average molecular weight is 355 g/mol. The Labute approximate surface area is 145 Å². The second-order valence-corrected chi connectivity index (χ2v) is 10.4. The average Bonchev–Trinajstić information content (AvgIpc) is 2.41. The summed E-state index contributed by atoms with van der Waals surface area (Å²) in [4.78, 5) is 0. The molecule has 0 aromatic rings. The lowest BCUT2D eigenvalue weighted by Crippen LogP contribution is -2.25. The van der Waals surface area contributed by atoms with Gasteiger partial charge in [-0.15, -0.1) is 0 Å². The van der Waals surface area contributed by atoms with Crippen LogP contribution in [-0.2, 0) is 0 Å². The Morgan fingerprint density at radius 3 is 1.77 bits per heavy atom. The van der Waals surface area contributed by atoms with E-state index in [0.717, 1.165) is 32.1 Å². The summed E-state index contributed by atoms with van der Waals surface area (Å²) in [5, 5.41) is -0.511. The van der Waals surface area contributed by atoms with E-state index >= 15 is 0 Å². The number of hydrogen-bond donors (Lipinski definition) is 0. The standard InChI is InChI=1S/C18H36F2S2/c1-6-8-10-12-14-15(13-11-9-7-2)16(17(19)20)21-22-18(3,4)5/h15-17H,6-14H2,1-5H3/t15?,16-/m1/s1. The van der Waals surface area contributed by atoms with Gasteiger partial charge >= 0.3 is 0 Å². The molecule has 0 spiro atoms. The Bertz CT molecular complexity index is 252. The third kappa shape index (κ3) is 12.0. The quantitative estimate of drug-likeness (QED) is 0.243. The molecule has 1 unspecified atom stereocenters. The van der Waals surface area contributed by atoms with Gasteiger partial charge in [0.25, 0.3) is 6.43 Å². The van der Waals surface area contributed by atoms with E-state index in [9.17, 15) is 8.78 Å². The number of alkyl halides is 2. The first-order valence-electron chi connectivity index (χ1n) is 8.94. The lowest BCUT2D eigenvalue weighted by atomic mass is 9.91. The number of halogens is 2. The fraction of sp³-hybridized carbons (Fsp3) is 1.00. The lowest BCUT2D eigenvalue weighted by molar-refractivity contribution is 0.117. The van der Waals surface area contributed by atoms with Crippen LogP contribution in [0.25, 0.3) is 0 Å². The zero-order chi connectivity index (χ0) is 17.0. The van der Waals surface area contributed by atoms with Gasteiger partial charge in [-0.3, -0.25) is 0 Å². The van der Waals surface area contributed by atoms with E-state index < -0.39 is 11.7 Å². The first kappa shape index (κ1) is 22.6. The van der Waals surface area contributed by atoms with Crippen molar-refractivity contribution in [3.05, 3.63) is 0 Å². The molecule has 0 aromatic heterocycles. The Kier molecular flexibility index (Phi) is 13.2. The predicted octanol–water partition coefficient (Wildman–Crippen LogP) is 7.97. The monoisotopic (exact) mass is 354 g/mol. The fourth-order valence-electron chi connectivity index (χ4n) is 2.49. The molecule has 0 saturated heterocycles. The highest BCUT2D eigenvalue weighted by Crippen LogP contribution is 2.44. The molecule has 0 heterocycles. The van der Waals surface area contributed by atoms with Crippen molar-refractivity contribution in [2.24, 2.45) is 5.92 Å². The van der Waals surface area contributed by atoms with Gasteiger partial charge in [-0.1, -0.05) is 101 Å². The normalized spacial score (nSPS) is 15.3. The zero-order valence-electron chi connectivity index (χ0n) is 15.2. The van der Waals surface area contributed by atoms with Crippen LogP contribution in [0.3, 0.4) is 0 Å². The molecule has 0 fully saturated rings. The highest BCUT2D eigenvalue weighted by Gasteiger charge is 2.31. The summed E-state index contributed by atoms with van der Waals surface area (Å²) >= 11 is 0. The van der Waals surface area contributed by atoms with Gasteiger partial charge in [-0.05, 0) is 18.8 Å². The molecule has 134 valence electrons. The van der Waals surface area contributed by atoms with Gasteiger partial charge < -0.3 is 0 Å².